The van der Waals surface area contributed by atoms with Crippen molar-refractivity contribution in [3.05, 3.63) is 60.4 Å². The van der Waals surface area contributed by atoms with Crippen LogP contribution in [0, 0.1) is 0 Å². The number of nitrogens with zero attached hydrogens (tertiary/aromatic N) is 4. The van der Waals surface area contributed by atoms with Crippen LogP contribution in [0.25, 0.3) is 38.6 Å². The summed E-state index contributed by atoms with van der Waals surface area (Å²) in [6.45, 7) is 0. The second-order valence-corrected chi connectivity index (χ2v) is 6.80. The van der Waals surface area contributed by atoms with Crippen molar-refractivity contribution in [3.8, 4) is 33.7 Å². The van der Waals surface area contributed by atoms with E-state index in [1.807, 2.05) is 0 Å². The fraction of sp³-hybridized carbons (Fsp3) is 0.0556. The molecule has 5 aromatic rings. The SMILES string of the molecule is FC(F)(F)c1cccc(-c2ccc(-c3nn4c(-c5ccco5)nnc4s3)o2)c1. The fourth-order valence-corrected chi connectivity index (χ4v) is 3.53. The van der Waals surface area contributed by atoms with Gasteiger partial charge in [0.1, 0.15) is 5.76 Å². The third-order valence-electron chi connectivity index (χ3n) is 4.02. The fourth-order valence-electron chi connectivity index (χ4n) is 2.73. The van der Waals surface area contributed by atoms with Gasteiger partial charge in [0.25, 0.3) is 0 Å². The smallest absolute Gasteiger partial charge is 0.416 e. The molecule has 0 aliphatic rings. The number of rotatable bonds is 3. The zero-order valence-electron chi connectivity index (χ0n) is 13.8. The maximum atomic E-state index is 12.9. The zero-order valence-corrected chi connectivity index (χ0v) is 14.7. The van der Waals surface area contributed by atoms with Gasteiger partial charge in [-0.1, -0.05) is 23.5 Å². The molecule has 0 aliphatic heterocycles. The van der Waals surface area contributed by atoms with Gasteiger partial charge in [0, 0.05) is 5.56 Å². The van der Waals surface area contributed by atoms with Crippen molar-refractivity contribution in [2.75, 3.05) is 0 Å². The molecule has 1 aromatic carbocycles. The molecule has 0 unspecified atom stereocenters. The number of benzene rings is 1. The Labute approximate surface area is 158 Å². The molecule has 6 nitrogen and oxygen atoms in total. The molecule has 0 atom stereocenters. The number of furan rings is 2. The topological polar surface area (TPSA) is 69.4 Å². The summed E-state index contributed by atoms with van der Waals surface area (Å²) in [5.41, 5.74) is -0.398. The number of fused-ring (bicyclic) bond motifs is 1. The van der Waals surface area contributed by atoms with Gasteiger partial charge in [-0.2, -0.15) is 17.7 Å². The lowest BCUT2D eigenvalue weighted by Gasteiger charge is -2.07. The van der Waals surface area contributed by atoms with E-state index in [1.54, 1.807) is 30.3 Å². The van der Waals surface area contributed by atoms with Crippen molar-refractivity contribution in [2.45, 2.75) is 6.18 Å². The molecule has 5 rings (SSSR count). The molecule has 0 amide bonds. The molecule has 0 radical (unpaired) electrons. The minimum absolute atomic E-state index is 0.318. The summed E-state index contributed by atoms with van der Waals surface area (Å²) in [4.78, 5) is 0.540. The van der Waals surface area contributed by atoms with E-state index in [2.05, 4.69) is 15.3 Å². The zero-order chi connectivity index (χ0) is 19.3. The monoisotopic (exact) mass is 402 g/mol. The second kappa shape index (κ2) is 6.06. The summed E-state index contributed by atoms with van der Waals surface area (Å²) in [7, 11) is 0. The lowest BCUT2D eigenvalue weighted by molar-refractivity contribution is -0.137. The Morgan fingerprint density at radius 2 is 1.79 bits per heavy atom. The third-order valence-corrected chi connectivity index (χ3v) is 4.94. The first-order chi connectivity index (χ1) is 13.5. The molecular weight excluding hydrogens is 393 g/mol. The molecule has 0 bridgehead atoms. The van der Waals surface area contributed by atoms with Crippen molar-refractivity contribution >= 4 is 16.3 Å². The van der Waals surface area contributed by atoms with Gasteiger partial charge in [-0.25, -0.2) is 0 Å². The molecular formula is C18H9F3N4O2S. The van der Waals surface area contributed by atoms with Crippen LogP contribution in [0.2, 0.25) is 0 Å². The van der Waals surface area contributed by atoms with Gasteiger partial charge >= 0.3 is 6.18 Å². The maximum absolute atomic E-state index is 12.9. The van der Waals surface area contributed by atoms with Crippen molar-refractivity contribution in [2.24, 2.45) is 0 Å². The number of hydrogen-bond donors (Lipinski definition) is 0. The second-order valence-electron chi connectivity index (χ2n) is 5.84. The number of alkyl halides is 3. The molecule has 0 spiro atoms. The van der Waals surface area contributed by atoms with E-state index < -0.39 is 11.7 Å². The number of aromatic nitrogens is 4. The first kappa shape index (κ1) is 16.8. The standard InChI is InChI=1S/C18H9F3N4O2S/c19-18(20,21)11-4-1-3-10(9-11)12-6-7-14(27-12)16-24-25-15(13-5-2-8-26-13)22-23-17(25)28-16/h1-9H. The summed E-state index contributed by atoms with van der Waals surface area (Å²) in [5, 5.41) is 13.1. The van der Waals surface area contributed by atoms with Gasteiger partial charge in [-0.3, -0.25) is 0 Å². The Kier molecular flexibility index (Phi) is 3.63. The minimum atomic E-state index is -4.42. The van der Waals surface area contributed by atoms with Gasteiger partial charge in [0.2, 0.25) is 10.8 Å². The van der Waals surface area contributed by atoms with Gasteiger partial charge in [-0.15, -0.1) is 15.3 Å². The third kappa shape index (κ3) is 2.78. The van der Waals surface area contributed by atoms with E-state index in [9.17, 15) is 13.2 Å². The van der Waals surface area contributed by atoms with Crippen LogP contribution in [0.1, 0.15) is 5.56 Å². The molecule has 0 saturated carbocycles. The maximum Gasteiger partial charge on any atom is 0.416 e. The van der Waals surface area contributed by atoms with Crippen molar-refractivity contribution in [1.29, 1.82) is 0 Å². The Bertz CT molecular complexity index is 1270. The summed E-state index contributed by atoms with van der Waals surface area (Å²) in [6, 6.07) is 11.7. The van der Waals surface area contributed by atoms with Crippen LogP contribution in [-0.2, 0) is 6.18 Å². The molecule has 4 aromatic heterocycles. The van der Waals surface area contributed by atoms with Gasteiger partial charge < -0.3 is 8.83 Å². The molecule has 0 fully saturated rings. The average molecular weight is 402 g/mol. The van der Waals surface area contributed by atoms with E-state index >= 15 is 0 Å². The molecule has 10 heteroatoms. The van der Waals surface area contributed by atoms with Crippen LogP contribution in [0.4, 0.5) is 13.2 Å². The minimum Gasteiger partial charge on any atom is -0.461 e. The van der Waals surface area contributed by atoms with E-state index in [1.165, 1.54) is 28.2 Å². The quantitative estimate of drug-likeness (QED) is 0.405. The highest BCUT2D eigenvalue weighted by molar-refractivity contribution is 7.19. The molecule has 0 saturated heterocycles. The lowest BCUT2D eigenvalue weighted by atomic mass is 10.1. The van der Waals surface area contributed by atoms with E-state index in [0.29, 0.717) is 38.6 Å². The average Bonchev–Trinajstić information content (AvgIpc) is 3.42. The van der Waals surface area contributed by atoms with Crippen LogP contribution in [0.3, 0.4) is 0 Å². The highest BCUT2D eigenvalue weighted by atomic mass is 32.1. The number of hydrogen-bond acceptors (Lipinski definition) is 6. The molecule has 0 aliphatic carbocycles. The highest BCUT2D eigenvalue weighted by Crippen LogP contribution is 2.35. The summed E-state index contributed by atoms with van der Waals surface area (Å²) in [6.07, 6.45) is -2.89. The van der Waals surface area contributed by atoms with E-state index in [4.69, 9.17) is 8.83 Å². The van der Waals surface area contributed by atoms with Crippen molar-refractivity contribution in [3.63, 3.8) is 0 Å². The summed E-state index contributed by atoms with van der Waals surface area (Å²) in [5.74, 6) is 1.72. The summed E-state index contributed by atoms with van der Waals surface area (Å²) < 4.78 is 51.4. The van der Waals surface area contributed by atoms with Crippen LogP contribution in [-0.4, -0.2) is 19.8 Å². The Hall–Kier alpha value is -3.40. The van der Waals surface area contributed by atoms with E-state index in [0.717, 1.165) is 12.1 Å². The first-order valence-corrected chi connectivity index (χ1v) is 8.85. The largest absolute Gasteiger partial charge is 0.461 e. The Balaban J connectivity index is 1.52. The summed E-state index contributed by atoms with van der Waals surface area (Å²) >= 11 is 1.25. The van der Waals surface area contributed by atoms with Gasteiger partial charge in [-0.05, 0) is 36.4 Å². The molecule has 28 heavy (non-hydrogen) atoms. The van der Waals surface area contributed by atoms with Gasteiger partial charge in [0.15, 0.2) is 16.5 Å². The normalized spacial score (nSPS) is 12.1. The molecule has 140 valence electrons. The predicted molar refractivity (Wildman–Crippen MR) is 94.5 cm³/mol. The van der Waals surface area contributed by atoms with Crippen molar-refractivity contribution < 1.29 is 22.0 Å². The lowest BCUT2D eigenvalue weighted by Crippen LogP contribution is -2.04. The van der Waals surface area contributed by atoms with Crippen LogP contribution in [0.15, 0.2) is 63.6 Å². The Morgan fingerprint density at radius 1 is 0.929 bits per heavy atom. The first-order valence-electron chi connectivity index (χ1n) is 8.03. The van der Waals surface area contributed by atoms with Crippen molar-refractivity contribution in [1.82, 2.24) is 19.8 Å². The van der Waals surface area contributed by atoms with E-state index in [-0.39, 0.29) is 0 Å². The molecule has 0 N–H and O–H groups in total. The van der Waals surface area contributed by atoms with Crippen LogP contribution < -0.4 is 0 Å². The van der Waals surface area contributed by atoms with Crippen LogP contribution in [0.5, 0.6) is 0 Å². The molecule has 4 heterocycles. The number of halogens is 3. The Morgan fingerprint density at radius 3 is 2.57 bits per heavy atom. The van der Waals surface area contributed by atoms with Crippen LogP contribution >= 0.6 is 11.3 Å². The van der Waals surface area contributed by atoms with Gasteiger partial charge in [0.05, 0.1) is 11.8 Å². The predicted octanol–water partition coefficient (Wildman–Crippen LogP) is 5.39. The highest BCUT2D eigenvalue weighted by Gasteiger charge is 2.30.